The molecule has 3 rings (SSSR count). The highest BCUT2D eigenvalue weighted by atomic mass is 32.1. The molecule has 1 aromatic carbocycles. The first-order valence-corrected chi connectivity index (χ1v) is 11.1. The van der Waals surface area contributed by atoms with Gasteiger partial charge in [-0.25, -0.2) is 9.59 Å². The van der Waals surface area contributed by atoms with Crippen LogP contribution >= 0.6 is 11.3 Å². The molecule has 0 radical (unpaired) electrons. The van der Waals surface area contributed by atoms with E-state index in [0.29, 0.717) is 11.3 Å². The summed E-state index contributed by atoms with van der Waals surface area (Å²) in [6.45, 7) is 6.58. The summed E-state index contributed by atoms with van der Waals surface area (Å²) in [7, 11) is 0. The second-order valence-corrected chi connectivity index (χ2v) is 8.37. The van der Waals surface area contributed by atoms with E-state index >= 15 is 0 Å². The van der Waals surface area contributed by atoms with Crippen molar-refractivity contribution in [3.05, 3.63) is 75.2 Å². The number of thiophene rings is 1. The third-order valence-corrected chi connectivity index (χ3v) is 5.84. The molecule has 2 heterocycles. The minimum absolute atomic E-state index is 0.157. The van der Waals surface area contributed by atoms with E-state index in [0.717, 1.165) is 10.4 Å². The monoisotopic (exact) mass is 468 g/mol. The number of nitrogens with one attached hydrogen (secondary N) is 2. The Morgan fingerprint density at radius 3 is 2.42 bits per heavy atom. The predicted octanol–water partition coefficient (Wildman–Crippen LogP) is 4.08. The molecule has 0 aliphatic heterocycles. The van der Waals surface area contributed by atoms with E-state index in [1.165, 1.54) is 18.3 Å². The van der Waals surface area contributed by atoms with Gasteiger partial charge in [-0.3, -0.25) is 9.59 Å². The van der Waals surface area contributed by atoms with Gasteiger partial charge in [-0.2, -0.15) is 0 Å². The summed E-state index contributed by atoms with van der Waals surface area (Å²) < 4.78 is 10.3. The first-order chi connectivity index (χ1) is 15.7. The van der Waals surface area contributed by atoms with Crippen molar-refractivity contribution in [1.29, 1.82) is 0 Å². The number of aromatic nitrogens is 1. The maximum Gasteiger partial charge on any atom is 0.344 e. The molecule has 0 aliphatic rings. The minimum Gasteiger partial charge on any atom is -0.462 e. The van der Waals surface area contributed by atoms with Gasteiger partial charge in [-0.15, -0.1) is 11.3 Å². The molecule has 0 aliphatic carbocycles. The van der Waals surface area contributed by atoms with Crippen LogP contribution in [0.2, 0.25) is 0 Å². The number of benzene rings is 1. The average Bonchev–Trinajstić information content (AvgIpc) is 3.17. The number of pyridine rings is 1. The van der Waals surface area contributed by atoms with Gasteiger partial charge in [-0.05, 0) is 51.0 Å². The molecule has 0 fully saturated rings. The number of esters is 2. The van der Waals surface area contributed by atoms with Crippen molar-refractivity contribution in [3.63, 3.8) is 0 Å². The maximum absolute atomic E-state index is 12.8. The first-order valence-electron chi connectivity index (χ1n) is 10.3. The highest BCUT2D eigenvalue weighted by molar-refractivity contribution is 7.20. The van der Waals surface area contributed by atoms with E-state index in [4.69, 9.17) is 9.47 Å². The summed E-state index contributed by atoms with van der Waals surface area (Å²) in [6, 6.07) is 12.7. The Morgan fingerprint density at radius 1 is 1.09 bits per heavy atom. The zero-order valence-corrected chi connectivity index (χ0v) is 19.5. The molecule has 1 amide bonds. The number of H-pyrrole nitrogens is 1. The fourth-order valence-electron chi connectivity index (χ4n) is 3.18. The molecule has 3 aromatic rings. The minimum atomic E-state index is -1.21. The highest BCUT2D eigenvalue weighted by Crippen LogP contribution is 2.36. The number of carbonyl (C=O) groups excluding carboxylic acids is 3. The number of aromatic amines is 1. The van der Waals surface area contributed by atoms with E-state index < -0.39 is 29.5 Å². The van der Waals surface area contributed by atoms with Gasteiger partial charge in [0.05, 0.1) is 12.2 Å². The van der Waals surface area contributed by atoms with Crippen LogP contribution in [0, 0.1) is 13.8 Å². The van der Waals surface area contributed by atoms with Crippen LogP contribution in [0.4, 0.5) is 5.00 Å². The summed E-state index contributed by atoms with van der Waals surface area (Å²) in [5.74, 6) is -2.12. The van der Waals surface area contributed by atoms with Crippen LogP contribution in [0.3, 0.4) is 0 Å². The molecular weight excluding hydrogens is 444 g/mol. The van der Waals surface area contributed by atoms with E-state index in [9.17, 15) is 19.2 Å². The van der Waals surface area contributed by atoms with Crippen molar-refractivity contribution in [2.75, 3.05) is 11.9 Å². The fraction of sp³-hybridized carbons (Fsp3) is 0.250. The van der Waals surface area contributed by atoms with Gasteiger partial charge in [0.2, 0.25) is 0 Å². The summed E-state index contributed by atoms with van der Waals surface area (Å²) in [5, 5.41) is 2.93. The number of carbonyl (C=O) groups is 3. The van der Waals surface area contributed by atoms with Gasteiger partial charge in [0.1, 0.15) is 10.6 Å². The number of amides is 1. The first kappa shape index (κ1) is 23.9. The second-order valence-electron chi connectivity index (χ2n) is 7.32. The maximum atomic E-state index is 12.8. The Bertz CT molecular complexity index is 1250. The van der Waals surface area contributed by atoms with Gasteiger partial charge in [0.15, 0.2) is 6.10 Å². The lowest BCUT2D eigenvalue weighted by Gasteiger charge is -2.14. The lowest BCUT2D eigenvalue weighted by Crippen LogP contribution is -2.32. The Hall–Kier alpha value is -3.72. The fourth-order valence-corrected chi connectivity index (χ4v) is 4.24. The van der Waals surface area contributed by atoms with Crippen molar-refractivity contribution < 1.29 is 23.9 Å². The number of hydrogen-bond acceptors (Lipinski definition) is 7. The molecule has 0 bridgehead atoms. The number of ether oxygens (including phenoxy) is 2. The van der Waals surface area contributed by atoms with Crippen LogP contribution in [0.1, 0.15) is 45.8 Å². The van der Waals surface area contributed by atoms with Crippen LogP contribution in [0.15, 0.2) is 47.3 Å². The molecule has 172 valence electrons. The van der Waals surface area contributed by atoms with Crippen molar-refractivity contribution in [3.8, 4) is 10.4 Å². The molecular formula is C24H24N2O6S. The standard InChI is InChI=1S/C24H24N2O6S/c1-5-31-23(29)17-12-18(16-9-7-6-8-10-16)33-22(17)26-20(27)15(4)32-24(30)19-13(2)11-14(3)25-21(19)28/h6-12,15H,5H2,1-4H3,(H,25,28)(H,26,27)/t15-/m1/s1. The van der Waals surface area contributed by atoms with E-state index in [1.807, 2.05) is 30.3 Å². The van der Waals surface area contributed by atoms with Gasteiger partial charge in [0.25, 0.3) is 11.5 Å². The molecule has 2 N–H and O–H groups in total. The topological polar surface area (TPSA) is 115 Å². The van der Waals surface area contributed by atoms with Crippen LogP contribution in [0.25, 0.3) is 10.4 Å². The Kier molecular flexibility index (Phi) is 7.44. The lowest BCUT2D eigenvalue weighted by atomic mass is 10.1. The summed E-state index contributed by atoms with van der Waals surface area (Å²) in [4.78, 5) is 53.2. The van der Waals surface area contributed by atoms with Gasteiger partial charge in [-0.1, -0.05) is 30.3 Å². The Balaban J connectivity index is 1.81. The van der Waals surface area contributed by atoms with Crippen LogP contribution in [0.5, 0.6) is 0 Å². The highest BCUT2D eigenvalue weighted by Gasteiger charge is 2.25. The van der Waals surface area contributed by atoms with E-state index in [2.05, 4.69) is 10.3 Å². The van der Waals surface area contributed by atoms with Crippen LogP contribution in [-0.2, 0) is 14.3 Å². The smallest absolute Gasteiger partial charge is 0.344 e. The zero-order valence-electron chi connectivity index (χ0n) is 18.7. The Labute approximate surface area is 194 Å². The predicted molar refractivity (Wildman–Crippen MR) is 126 cm³/mol. The number of rotatable bonds is 7. The van der Waals surface area contributed by atoms with Crippen LogP contribution < -0.4 is 10.9 Å². The number of hydrogen-bond donors (Lipinski definition) is 2. The molecule has 8 nitrogen and oxygen atoms in total. The third kappa shape index (κ3) is 5.56. The van der Waals surface area contributed by atoms with Crippen molar-refractivity contribution in [2.24, 2.45) is 0 Å². The van der Waals surface area contributed by atoms with Crippen molar-refractivity contribution in [1.82, 2.24) is 4.98 Å². The molecule has 1 atom stereocenters. The summed E-state index contributed by atoms with van der Waals surface area (Å²) in [5.41, 5.74) is 1.40. The summed E-state index contributed by atoms with van der Waals surface area (Å²) in [6.07, 6.45) is -1.21. The SMILES string of the molecule is CCOC(=O)c1cc(-c2ccccc2)sc1NC(=O)[C@@H](C)OC(=O)c1c(C)cc(C)[nH]c1=O. The van der Waals surface area contributed by atoms with E-state index in [-0.39, 0.29) is 22.7 Å². The van der Waals surface area contributed by atoms with Crippen molar-refractivity contribution in [2.45, 2.75) is 33.8 Å². The molecule has 0 saturated carbocycles. The molecule has 9 heteroatoms. The average molecular weight is 469 g/mol. The largest absolute Gasteiger partial charge is 0.462 e. The van der Waals surface area contributed by atoms with Crippen LogP contribution in [-0.4, -0.2) is 35.5 Å². The number of aryl methyl sites for hydroxylation is 2. The molecule has 0 saturated heterocycles. The molecule has 0 unspecified atom stereocenters. The van der Waals surface area contributed by atoms with Gasteiger partial charge in [0, 0.05) is 10.6 Å². The molecule has 0 spiro atoms. The molecule has 2 aromatic heterocycles. The Morgan fingerprint density at radius 2 is 1.79 bits per heavy atom. The second kappa shape index (κ2) is 10.3. The van der Waals surface area contributed by atoms with Gasteiger partial charge < -0.3 is 19.8 Å². The lowest BCUT2D eigenvalue weighted by molar-refractivity contribution is -0.123. The zero-order chi connectivity index (χ0) is 24.1. The van der Waals surface area contributed by atoms with Gasteiger partial charge >= 0.3 is 11.9 Å². The molecule has 33 heavy (non-hydrogen) atoms. The third-order valence-electron chi connectivity index (χ3n) is 4.74. The quantitative estimate of drug-likeness (QED) is 0.505. The normalized spacial score (nSPS) is 11.5. The number of anilines is 1. The summed E-state index contributed by atoms with van der Waals surface area (Å²) >= 11 is 1.21. The van der Waals surface area contributed by atoms with E-state index in [1.54, 1.807) is 32.9 Å². The van der Waals surface area contributed by atoms with Crippen molar-refractivity contribution >= 4 is 34.2 Å².